The van der Waals surface area contributed by atoms with Crippen LogP contribution in [0.3, 0.4) is 0 Å². The van der Waals surface area contributed by atoms with Crippen LogP contribution in [0, 0.1) is 0 Å². The van der Waals surface area contributed by atoms with E-state index in [2.05, 4.69) is 49.1 Å². The molecular weight excluding hydrogens is 684 g/mol. The van der Waals surface area contributed by atoms with Crippen LogP contribution in [-0.2, 0) is 9.59 Å². The Hall–Kier alpha value is -4.04. The van der Waals surface area contributed by atoms with Crippen LogP contribution in [0.15, 0.2) is 72.8 Å². The van der Waals surface area contributed by atoms with Gasteiger partial charge in [0.25, 0.3) is 0 Å². The number of piperazine rings is 2. The molecule has 2 amide bonds. The third-order valence-corrected chi connectivity index (χ3v) is 11.0. The fourth-order valence-corrected chi connectivity index (χ4v) is 8.25. The van der Waals surface area contributed by atoms with Gasteiger partial charge in [-0.1, -0.05) is 35.9 Å². The number of halogens is 1. The normalized spacial score (nSPS) is 15.9. The number of benzene rings is 3. The number of anilines is 3. The zero-order chi connectivity index (χ0) is 33.0. The molecule has 7 rings (SSSR count). The van der Waals surface area contributed by atoms with Crippen molar-refractivity contribution in [3.8, 4) is 0 Å². The number of fused-ring (bicyclic) bond motifs is 2. The van der Waals surface area contributed by atoms with Gasteiger partial charge >= 0.3 is 0 Å². The van der Waals surface area contributed by atoms with Gasteiger partial charge in [-0.2, -0.15) is 8.75 Å². The standard InChI is InChI=1S/C34H35ClN8O2S3/c35-23-9-11-24(12-10-23)36-34(46)37-27(33(45)43-21-19-42(20-22-43)32-26-6-2-4-8-29(26)48-39-32)13-14-30(44)40-15-17-41(18-16-40)31-25-5-1-3-7-28(25)47-38-31/h1-12,27H,13-22H2,(H2,36,37,46). The van der Waals surface area contributed by atoms with E-state index in [0.717, 1.165) is 37.5 Å². The fraction of sp³-hybridized carbons (Fsp3) is 0.324. The summed E-state index contributed by atoms with van der Waals surface area (Å²) in [5, 5.41) is 9.61. The molecule has 1 unspecified atom stereocenters. The van der Waals surface area contributed by atoms with E-state index in [0.29, 0.717) is 68.9 Å². The lowest BCUT2D eigenvalue weighted by molar-refractivity contribution is -0.134. The molecule has 1 atom stereocenters. The smallest absolute Gasteiger partial charge is 0.245 e. The summed E-state index contributed by atoms with van der Waals surface area (Å²) in [7, 11) is 0. The number of nitrogens with zero attached hydrogens (tertiary/aromatic N) is 6. The predicted molar refractivity (Wildman–Crippen MR) is 201 cm³/mol. The molecule has 0 aliphatic carbocycles. The SMILES string of the molecule is O=C(CCC(NC(=S)Nc1ccc(Cl)cc1)C(=O)N1CCN(c2nsc3ccccc23)CC1)N1CCN(c2nsc3ccccc23)CC1. The number of amides is 2. The number of aromatic nitrogens is 2. The monoisotopic (exact) mass is 718 g/mol. The van der Waals surface area contributed by atoms with Gasteiger partial charge < -0.3 is 30.2 Å². The van der Waals surface area contributed by atoms with Crippen LogP contribution in [0.2, 0.25) is 5.02 Å². The van der Waals surface area contributed by atoms with E-state index in [1.165, 1.54) is 23.1 Å². The molecule has 0 saturated carbocycles. The molecule has 2 saturated heterocycles. The van der Waals surface area contributed by atoms with Gasteiger partial charge in [-0.3, -0.25) is 9.59 Å². The van der Waals surface area contributed by atoms with Gasteiger partial charge in [0.1, 0.15) is 17.7 Å². The van der Waals surface area contributed by atoms with Gasteiger partial charge in [-0.05, 0) is 90.2 Å². The van der Waals surface area contributed by atoms with Crippen LogP contribution in [0.25, 0.3) is 20.2 Å². The molecule has 2 fully saturated rings. The maximum absolute atomic E-state index is 14.0. The van der Waals surface area contributed by atoms with Crippen molar-refractivity contribution in [3.05, 3.63) is 77.8 Å². The molecule has 0 spiro atoms. The Kier molecular flexibility index (Phi) is 9.89. The van der Waals surface area contributed by atoms with Crippen molar-refractivity contribution >= 4 is 101 Å². The van der Waals surface area contributed by atoms with Gasteiger partial charge in [-0.15, -0.1) is 0 Å². The lowest BCUT2D eigenvalue weighted by Crippen LogP contribution is -2.56. The largest absolute Gasteiger partial charge is 0.352 e. The van der Waals surface area contributed by atoms with E-state index in [1.54, 1.807) is 12.1 Å². The maximum Gasteiger partial charge on any atom is 0.245 e. The lowest BCUT2D eigenvalue weighted by atomic mass is 10.1. The first-order valence-corrected chi connectivity index (χ1v) is 18.3. The van der Waals surface area contributed by atoms with Crippen LogP contribution in [0.5, 0.6) is 0 Å². The first-order chi connectivity index (χ1) is 23.4. The Balaban J connectivity index is 0.977. The fourth-order valence-electron chi connectivity index (χ4n) is 6.27. The van der Waals surface area contributed by atoms with Crippen molar-refractivity contribution in [1.29, 1.82) is 0 Å². The van der Waals surface area contributed by atoms with Gasteiger partial charge in [0.15, 0.2) is 5.11 Å². The molecule has 14 heteroatoms. The van der Waals surface area contributed by atoms with Crippen LogP contribution in [-0.4, -0.2) is 93.9 Å². The second-order valence-electron chi connectivity index (χ2n) is 11.9. The summed E-state index contributed by atoms with van der Waals surface area (Å²) in [6.45, 7) is 5.12. The predicted octanol–water partition coefficient (Wildman–Crippen LogP) is 5.69. The summed E-state index contributed by atoms with van der Waals surface area (Å²) in [4.78, 5) is 35.7. The number of rotatable bonds is 8. The zero-order valence-corrected chi connectivity index (χ0v) is 29.4. The number of carbonyl (C=O) groups excluding carboxylic acids is 2. The first-order valence-electron chi connectivity index (χ1n) is 16.0. The number of carbonyl (C=O) groups is 2. The molecular formula is C34H35ClN8O2S3. The minimum atomic E-state index is -0.657. The highest BCUT2D eigenvalue weighted by Gasteiger charge is 2.31. The summed E-state index contributed by atoms with van der Waals surface area (Å²) in [6, 6.07) is 23.0. The highest BCUT2D eigenvalue weighted by Crippen LogP contribution is 2.31. The summed E-state index contributed by atoms with van der Waals surface area (Å²) in [5.41, 5.74) is 0.758. The maximum atomic E-state index is 14.0. The van der Waals surface area contributed by atoms with E-state index in [1.807, 2.05) is 46.2 Å². The van der Waals surface area contributed by atoms with E-state index in [4.69, 9.17) is 28.2 Å². The molecule has 10 nitrogen and oxygen atoms in total. The van der Waals surface area contributed by atoms with Crippen LogP contribution in [0.4, 0.5) is 17.3 Å². The molecule has 248 valence electrons. The molecule has 0 bridgehead atoms. The average Bonchev–Trinajstić information content (AvgIpc) is 3.76. The second kappa shape index (κ2) is 14.6. The highest BCUT2D eigenvalue weighted by molar-refractivity contribution is 7.80. The Bertz CT molecular complexity index is 1920. The van der Waals surface area contributed by atoms with Crippen molar-refractivity contribution in [2.45, 2.75) is 18.9 Å². The van der Waals surface area contributed by atoms with Crippen molar-refractivity contribution in [3.63, 3.8) is 0 Å². The molecule has 2 aromatic heterocycles. The Morgan fingerprint density at radius 3 is 1.83 bits per heavy atom. The number of hydrogen-bond donors (Lipinski definition) is 2. The summed E-state index contributed by atoms with van der Waals surface area (Å²) >= 11 is 14.7. The van der Waals surface area contributed by atoms with E-state index in [-0.39, 0.29) is 18.2 Å². The molecule has 2 N–H and O–H groups in total. The van der Waals surface area contributed by atoms with Crippen molar-refractivity contribution < 1.29 is 9.59 Å². The molecule has 2 aliphatic rings. The molecule has 4 heterocycles. The van der Waals surface area contributed by atoms with Gasteiger partial charge in [0.05, 0.1) is 9.40 Å². The van der Waals surface area contributed by atoms with Gasteiger partial charge in [0, 0.05) is 80.3 Å². The van der Waals surface area contributed by atoms with E-state index >= 15 is 0 Å². The van der Waals surface area contributed by atoms with Gasteiger partial charge in [-0.25, -0.2) is 0 Å². The second-order valence-corrected chi connectivity index (χ2v) is 14.3. The Labute approximate surface area is 297 Å². The lowest BCUT2D eigenvalue weighted by Gasteiger charge is -2.37. The quantitative estimate of drug-likeness (QED) is 0.196. The molecule has 3 aromatic carbocycles. The molecule has 5 aromatic rings. The van der Waals surface area contributed by atoms with Crippen molar-refractivity contribution in [2.24, 2.45) is 0 Å². The Morgan fingerprint density at radius 2 is 1.27 bits per heavy atom. The van der Waals surface area contributed by atoms with E-state index in [9.17, 15) is 9.59 Å². The molecule has 2 aliphatic heterocycles. The summed E-state index contributed by atoms with van der Waals surface area (Å²) in [5.74, 6) is 1.93. The van der Waals surface area contributed by atoms with Crippen LogP contribution in [0.1, 0.15) is 12.8 Å². The zero-order valence-electron chi connectivity index (χ0n) is 26.2. The van der Waals surface area contributed by atoms with Crippen molar-refractivity contribution in [1.82, 2.24) is 23.9 Å². The number of thiocarbonyl (C=S) groups is 1. The minimum absolute atomic E-state index is 0.0363. The number of nitrogens with one attached hydrogen (secondary N) is 2. The van der Waals surface area contributed by atoms with E-state index < -0.39 is 6.04 Å². The minimum Gasteiger partial charge on any atom is -0.352 e. The topological polar surface area (TPSA) is 96.9 Å². The van der Waals surface area contributed by atoms with Crippen LogP contribution >= 0.6 is 46.9 Å². The Morgan fingerprint density at radius 1 is 0.750 bits per heavy atom. The molecule has 48 heavy (non-hydrogen) atoms. The average molecular weight is 719 g/mol. The summed E-state index contributed by atoms with van der Waals surface area (Å²) < 4.78 is 11.7. The van der Waals surface area contributed by atoms with Crippen molar-refractivity contribution in [2.75, 3.05) is 67.5 Å². The third kappa shape index (κ3) is 7.19. The highest BCUT2D eigenvalue weighted by atomic mass is 35.5. The summed E-state index contributed by atoms with van der Waals surface area (Å²) in [6.07, 6.45) is 0.561. The first kappa shape index (κ1) is 32.5. The number of hydrogen-bond acceptors (Lipinski definition) is 9. The molecule has 0 radical (unpaired) electrons. The third-order valence-electron chi connectivity index (χ3n) is 8.89. The van der Waals surface area contributed by atoms with Crippen LogP contribution < -0.4 is 20.4 Å². The van der Waals surface area contributed by atoms with Gasteiger partial charge in [0.2, 0.25) is 11.8 Å².